The SMILES string of the molecule is CNCCCc1cnc(C2CCCN(C(C)C)C2)s1. The number of aryl methyl sites for hydroxylation is 1. The zero-order chi connectivity index (χ0) is 13.7. The predicted octanol–water partition coefficient (Wildman–Crippen LogP) is 2.88. The van der Waals surface area contributed by atoms with Crippen LogP contribution in [0.4, 0.5) is 0 Å². The number of hydrogen-bond acceptors (Lipinski definition) is 4. The maximum absolute atomic E-state index is 4.68. The van der Waals surface area contributed by atoms with E-state index in [0.717, 1.165) is 6.54 Å². The molecule has 108 valence electrons. The van der Waals surface area contributed by atoms with Crippen LogP contribution in [0.15, 0.2) is 6.20 Å². The lowest BCUT2D eigenvalue weighted by Gasteiger charge is -2.34. The third kappa shape index (κ3) is 4.26. The first-order valence-electron chi connectivity index (χ1n) is 7.54. The summed E-state index contributed by atoms with van der Waals surface area (Å²) in [6.07, 6.45) is 7.11. The molecule has 1 aliphatic heterocycles. The van der Waals surface area contributed by atoms with Crippen LogP contribution in [0.3, 0.4) is 0 Å². The molecule has 0 saturated carbocycles. The van der Waals surface area contributed by atoms with Crippen LogP contribution in [0, 0.1) is 0 Å². The highest BCUT2D eigenvalue weighted by Crippen LogP contribution is 2.31. The molecule has 1 aliphatic rings. The minimum Gasteiger partial charge on any atom is -0.320 e. The van der Waals surface area contributed by atoms with Gasteiger partial charge in [-0.1, -0.05) is 0 Å². The number of aromatic nitrogens is 1. The van der Waals surface area contributed by atoms with Crippen molar-refractivity contribution in [1.82, 2.24) is 15.2 Å². The van der Waals surface area contributed by atoms with Crippen LogP contribution in [0.1, 0.15) is 48.9 Å². The lowest BCUT2D eigenvalue weighted by atomic mass is 9.98. The number of nitrogens with one attached hydrogen (secondary N) is 1. The smallest absolute Gasteiger partial charge is 0.0971 e. The topological polar surface area (TPSA) is 28.2 Å². The van der Waals surface area contributed by atoms with Gasteiger partial charge in [-0.15, -0.1) is 11.3 Å². The molecule has 2 rings (SSSR count). The maximum atomic E-state index is 4.68. The van der Waals surface area contributed by atoms with Crippen molar-refractivity contribution in [2.24, 2.45) is 0 Å². The molecule has 1 aromatic rings. The Kier molecular flexibility index (Phi) is 5.79. The van der Waals surface area contributed by atoms with Gasteiger partial charge < -0.3 is 10.2 Å². The monoisotopic (exact) mass is 281 g/mol. The van der Waals surface area contributed by atoms with E-state index in [2.05, 4.69) is 35.2 Å². The van der Waals surface area contributed by atoms with Gasteiger partial charge in [-0.25, -0.2) is 4.98 Å². The van der Waals surface area contributed by atoms with Gasteiger partial charge in [0.05, 0.1) is 5.01 Å². The molecule has 1 N–H and O–H groups in total. The van der Waals surface area contributed by atoms with Crippen LogP contribution in [0.2, 0.25) is 0 Å². The molecule has 0 aliphatic carbocycles. The molecule has 0 aromatic carbocycles. The lowest BCUT2D eigenvalue weighted by Crippen LogP contribution is -2.39. The summed E-state index contributed by atoms with van der Waals surface area (Å²) in [7, 11) is 2.01. The molecular weight excluding hydrogens is 254 g/mol. The highest BCUT2D eigenvalue weighted by atomic mass is 32.1. The van der Waals surface area contributed by atoms with Crippen LogP contribution >= 0.6 is 11.3 Å². The summed E-state index contributed by atoms with van der Waals surface area (Å²) < 4.78 is 0. The van der Waals surface area contributed by atoms with Crippen LogP contribution < -0.4 is 5.32 Å². The van der Waals surface area contributed by atoms with E-state index in [1.807, 2.05) is 18.4 Å². The van der Waals surface area contributed by atoms with Gasteiger partial charge in [0.2, 0.25) is 0 Å². The zero-order valence-corrected chi connectivity index (χ0v) is 13.3. The predicted molar refractivity (Wildman–Crippen MR) is 83.0 cm³/mol. The quantitative estimate of drug-likeness (QED) is 0.813. The van der Waals surface area contributed by atoms with Crippen molar-refractivity contribution in [2.75, 3.05) is 26.7 Å². The van der Waals surface area contributed by atoms with E-state index < -0.39 is 0 Å². The molecule has 0 amide bonds. The Labute approximate surface area is 121 Å². The fourth-order valence-corrected chi connectivity index (χ4v) is 3.83. The average Bonchev–Trinajstić information content (AvgIpc) is 2.88. The van der Waals surface area contributed by atoms with Gasteiger partial charge in [-0.2, -0.15) is 0 Å². The number of hydrogen-bond donors (Lipinski definition) is 1. The lowest BCUT2D eigenvalue weighted by molar-refractivity contribution is 0.167. The van der Waals surface area contributed by atoms with Crippen LogP contribution in [0.25, 0.3) is 0 Å². The van der Waals surface area contributed by atoms with Crippen LogP contribution in [-0.2, 0) is 6.42 Å². The second-order valence-corrected chi connectivity index (χ2v) is 6.95. The van der Waals surface area contributed by atoms with E-state index in [1.165, 1.54) is 48.7 Å². The van der Waals surface area contributed by atoms with E-state index in [1.54, 1.807) is 0 Å². The largest absolute Gasteiger partial charge is 0.320 e. The Morgan fingerprint density at radius 1 is 1.53 bits per heavy atom. The fraction of sp³-hybridized carbons (Fsp3) is 0.800. The van der Waals surface area contributed by atoms with Crippen molar-refractivity contribution in [1.29, 1.82) is 0 Å². The Hall–Kier alpha value is -0.450. The van der Waals surface area contributed by atoms with Crippen LogP contribution in [0.5, 0.6) is 0 Å². The first kappa shape index (κ1) is 14.9. The molecule has 0 radical (unpaired) electrons. The van der Waals surface area contributed by atoms with Crippen molar-refractivity contribution in [3.8, 4) is 0 Å². The Morgan fingerprint density at radius 2 is 2.37 bits per heavy atom. The van der Waals surface area contributed by atoms with Crippen molar-refractivity contribution in [3.63, 3.8) is 0 Å². The van der Waals surface area contributed by atoms with E-state index in [-0.39, 0.29) is 0 Å². The highest BCUT2D eigenvalue weighted by Gasteiger charge is 2.24. The summed E-state index contributed by atoms with van der Waals surface area (Å²) >= 11 is 1.94. The zero-order valence-electron chi connectivity index (χ0n) is 12.5. The summed E-state index contributed by atoms with van der Waals surface area (Å²) in [5.41, 5.74) is 0. The summed E-state index contributed by atoms with van der Waals surface area (Å²) in [5.74, 6) is 0.666. The summed E-state index contributed by atoms with van der Waals surface area (Å²) in [4.78, 5) is 8.73. The molecule has 0 bridgehead atoms. The van der Waals surface area contributed by atoms with Crippen molar-refractivity contribution < 1.29 is 0 Å². The number of nitrogens with zero attached hydrogens (tertiary/aromatic N) is 2. The molecule has 3 nitrogen and oxygen atoms in total. The second-order valence-electron chi connectivity index (χ2n) is 5.80. The fourth-order valence-electron chi connectivity index (χ4n) is 2.74. The maximum Gasteiger partial charge on any atom is 0.0971 e. The molecule has 1 aromatic heterocycles. The van der Waals surface area contributed by atoms with E-state index in [0.29, 0.717) is 12.0 Å². The highest BCUT2D eigenvalue weighted by molar-refractivity contribution is 7.11. The molecule has 1 unspecified atom stereocenters. The Bertz CT molecular complexity index is 375. The number of likely N-dealkylation sites (tertiary alicyclic amines) is 1. The van der Waals surface area contributed by atoms with Gasteiger partial charge in [0, 0.05) is 29.6 Å². The molecule has 0 spiro atoms. The van der Waals surface area contributed by atoms with E-state index >= 15 is 0 Å². The molecule has 19 heavy (non-hydrogen) atoms. The summed E-state index contributed by atoms with van der Waals surface area (Å²) in [5, 5.41) is 4.57. The number of thiazole rings is 1. The normalized spacial score (nSPS) is 21.2. The van der Waals surface area contributed by atoms with Gasteiger partial charge >= 0.3 is 0 Å². The Morgan fingerprint density at radius 3 is 3.11 bits per heavy atom. The minimum atomic E-state index is 0.665. The first-order chi connectivity index (χ1) is 9.20. The van der Waals surface area contributed by atoms with Gasteiger partial charge in [-0.05, 0) is 59.7 Å². The molecule has 1 atom stereocenters. The molecule has 1 saturated heterocycles. The first-order valence-corrected chi connectivity index (χ1v) is 8.35. The molecule has 1 fully saturated rings. The van der Waals surface area contributed by atoms with Gasteiger partial charge in [0.15, 0.2) is 0 Å². The van der Waals surface area contributed by atoms with E-state index in [4.69, 9.17) is 0 Å². The second kappa shape index (κ2) is 7.36. The number of rotatable bonds is 6. The van der Waals surface area contributed by atoms with E-state index in [9.17, 15) is 0 Å². The summed E-state index contributed by atoms with van der Waals surface area (Å²) in [6.45, 7) is 8.15. The van der Waals surface area contributed by atoms with Crippen LogP contribution in [-0.4, -0.2) is 42.6 Å². The standard InChI is InChI=1S/C15H27N3S/c1-12(2)18-9-5-6-13(11-18)15-17-10-14(19-15)7-4-8-16-3/h10,12-13,16H,4-9,11H2,1-3H3. The molecule has 2 heterocycles. The minimum absolute atomic E-state index is 0.665. The van der Waals surface area contributed by atoms with Gasteiger partial charge in [-0.3, -0.25) is 0 Å². The average molecular weight is 281 g/mol. The molecular formula is C15H27N3S. The van der Waals surface area contributed by atoms with Crippen molar-refractivity contribution in [3.05, 3.63) is 16.1 Å². The van der Waals surface area contributed by atoms with Gasteiger partial charge in [0.25, 0.3) is 0 Å². The third-order valence-electron chi connectivity index (χ3n) is 3.95. The van der Waals surface area contributed by atoms with Gasteiger partial charge in [0.1, 0.15) is 0 Å². The van der Waals surface area contributed by atoms with Crippen molar-refractivity contribution in [2.45, 2.75) is 51.5 Å². The number of piperidine rings is 1. The summed E-state index contributed by atoms with van der Waals surface area (Å²) in [6, 6.07) is 0.665. The third-order valence-corrected chi connectivity index (χ3v) is 5.17. The van der Waals surface area contributed by atoms with Crippen molar-refractivity contribution >= 4 is 11.3 Å². The Balaban J connectivity index is 1.90. The molecule has 4 heteroatoms.